The van der Waals surface area contributed by atoms with Gasteiger partial charge in [0.05, 0.1) is 29.2 Å². The summed E-state index contributed by atoms with van der Waals surface area (Å²) in [6, 6.07) is 5.74. The van der Waals surface area contributed by atoms with Crippen LogP contribution in [0.1, 0.15) is 25.8 Å². The molecule has 2 atom stereocenters. The molecule has 186 valence electrons. The number of nitrogens with zero attached hydrogens (tertiary/aromatic N) is 5. The predicted octanol–water partition coefficient (Wildman–Crippen LogP) is 3.75. The first-order valence-electron chi connectivity index (χ1n) is 10.8. The van der Waals surface area contributed by atoms with E-state index in [4.69, 9.17) is 15.0 Å². The molecule has 4 rings (SSSR count). The van der Waals surface area contributed by atoms with Gasteiger partial charge in [-0.1, -0.05) is 5.16 Å². The molecule has 0 radical (unpaired) electrons. The van der Waals surface area contributed by atoms with Crippen LogP contribution in [-0.4, -0.2) is 56.5 Å². The Morgan fingerprint density at radius 3 is 2.60 bits per heavy atom. The Bertz CT molecular complexity index is 1400. The van der Waals surface area contributed by atoms with Crippen LogP contribution in [0.25, 0.3) is 22.8 Å². The number of halogens is 2. The van der Waals surface area contributed by atoms with Crippen molar-refractivity contribution in [2.45, 2.75) is 30.6 Å². The van der Waals surface area contributed by atoms with Gasteiger partial charge >= 0.3 is 0 Å². The summed E-state index contributed by atoms with van der Waals surface area (Å²) in [5, 5.41) is 3.99. The lowest BCUT2D eigenvalue weighted by atomic mass is 9.87. The number of hydrogen-bond acceptors (Lipinski definition) is 9. The minimum atomic E-state index is -2.86. The van der Waals surface area contributed by atoms with Crippen molar-refractivity contribution in [1.82, 2.24) is 15.1 Å². The SMILES string of the molecule is CN=[S@]1(=O)CC[C@@](CF)(c2cc(-c3cc(-c4ncc(OC)cn4)no3)ccc2F)N=C(N)C1(C)C. The molecule has 3 heterocycles. The third-order valence-electron chi connectivity index (χ3n) is 6.41. The summed E-state index contributed by atoms with van der Waals surface area (Å²) in [5.74, 6) is 0.406. The molecular weight excluding hydrogens is 478 g/mol. The highest BCUT2D eigenvalue weighted by Gasteiger charge is 2.45. The fourth-order valence-electron chi connectivity index (χ4n) is 3.94. The van der Waals surface area contributed by atoms with Gasteiger partial charge in [0.1, 0.15) is 28.6 Å². The Balaban J connectivity index is 1.77. The maximum Gasteiger partial charge on any atom is 0.181 e. The molecular formula is C23H26F2N6O3S. The van der Waals surface area contributed by atoms with Crippen LogP contribution in [0.15, 0.2) is 50.5 Å². The highest BCUT2D eigenvalue weighted by molar-refractivity contribution is 7.95. The molecule has 0 spiro atoms. The molecule has 3 aromatic rings. The first-order chi connectivity index (χ1) is 16.6. The van der Waals surface area contributed by atoms with Gasteiger partial charge in [0.2, 0.25) is 0 Å². The molecule has 0 saturated heterocycles. The van der Waals surface area contributed by atoms with E-state index in [1.807, 2.05) is 0 Å². The van der Waals surface area contributed by atoms with Gasteiger partial charge in [0.25, 0.3) is 0 Å². The molecule has 0 fully saturated rings. The molecule has 9 nitrogen and oxygen atoms in total. The summed E-state index contributed by atoms with van der Waals surface area (Å²) in [6.07, 6.45) is 2.95. The number of rotatable bonds is 5. The number of hydrogen-bond donors (Lipinski definition) is 1. The van der Waals surface area contributed by atoms with Crippen LogP contribution in [0, 0.1) is 5.82 Å². The summed E-state index contributed by atoms with van der Waals surface area (Å²) >= 11 is 0. The smallest absolute Gasteiger partial charge is 0.181 e. The van der Waals surface area contributed by atoms with E-state index < -0.39 is 32.5 Å². The molecule has 1 aliphatic rings. The predicted molar refractivity (Wildman–Crippen MR) is 129 cm³/mol. The van der Waals surface area contributed by atoms with Crippen molar-refractivity contribution in [2.75, 3.05) is 26.6 Å². The lowest BCUT2D eigenvalue weighted by Gasteiger charge is -2.27. The lowest BCUT2D eigenvalue weighted by Crippen LogP contribution is -2.45. The molecule has 2 aromatic heterocycles. The second-order valence-electron chi connectivity index (χ2n) is 8.67. The Morgan fingerprint density at radius 2 is 1.97 bits per heavy atom. The van der Waals surface area contributed by atoms with E-state index in [1.54, 1.807) is 19.9 Å². The summed E-state index contributed by atoms with van der Waals surface area (Å²) < 4.78 is 56.7. The summed E-state index contributed by atoms with van der Waals surface area (Å²) in [7, 11) is 0.0848. The van der Waals surface area contributed by atoms with Crippen LogP contribution in [0.3, 0.4) is 0 Å². The Kier molecular flexibility index (Phi) is 6.34. The zero-order valence-corrected chi connectivity index (χ0v) is 20.6. The average Bonchev–Trinajstić information content (AvgIpc) is 3.34. The van der Waals surface area contributed by atoms with E-state index in [0.717, 1.165) is 0 Å². The van der Waals surface area contributed by atoms with Gasteiger partial charge in [-0.3, -0.25) is 4.99 Å². The molecule has 12 heteroatoms. The van der Waals surface area contributed by atoms with E-state index in [9.17, 15) is 8.60 Å². The molecule has 0 unspecified atom stereocenters. The van der Waals surface area contributed by atoms with Crippen molar-refractivity contribution >= 4 is 15.6 Å². The van der Waals surface area contributed by atoms with Crippen molar-refractivity contribution in [1.29, 1.82) is 0 Å². The van der Waals surface area contributed by atoms with Crippen LogP contribution in [-0.2, 0) is 15.3 Å². The molecule has 0 bridgehead atoms. The molecule has 1 aromatic carbocycles. The number of methoxy groups -OCH3 is 1. The van der Waals surface area contributed by atoms with E-state index >= 15 is 4.39 Å². The number of amidine groups is 1. The number of nitrogens with two attached hydrogens (primary N) is 1. The molecule has 0 amide bonds. The van der Waals surface area contributed by atoms with Gasteiger partial charge in [-0.25, -0.2) is 27.3 Å². The topological polar surface area (TPSA) is 129 Å². The minimum Gasteiger partial charge on any atom is -0.494 e. The molecule has 0 aliphatic carbocycles. The average molecular weight is 505 g/mol. The van der Waals surface area contributed by atoms with Crippen LogP contribution < -0.4 is 10.5 Å². The number of aromatic nitrogens is 3. The quantitative estimate of drug-likeness (QED) is 0.560. The summed E-state index contributed by atoms with van der Waals surface area (Å²) in [4.78, 5) is 12.8. The Morgan fingerprint density at radius 1 is 1.26 bits per heavy atom. The summed E-state index contributed by atoms with van der Waals surface area (Å²) in [5.41, 5.74) is 5.33. The highest BCUT2D eigenvalue weighted by Crippen LogP contribution is 2.40. The second-order valence-corrected chi connectivity index (χ2v) is 11.7. The zero-order chi connectivity index (χ0) is 25.4. The van der Waals surface area contributed by atoms with Gasteiger partial charge in [-0.15, -0.1) is 0 Å². The fourth-order valence-corrected chi connectivity index (χ4v) is 6.07. The standard InChI is InChI=1S/C23H26F2N6O3S/c1-22(2)21(26)30-23(13-24,7-8-35(22,32)27-3)16-9-14(5-6-17(16)25)19-10-18(31-34-19)20-28-11-15(33-4)12-29-20/h5-6,9-12H,7-8,13H2,1-4H3,(H2,26,30)/t23-,35+/m1/s1. The van der Waals surface area contributed by atoms with E-state index in [0.29, 0.717) is 28.6 Å². The molecule has 35 heavy (non-hydrogen) atoms. The third-order valence-corrected chi connectivity index (χ3v) is 9.56. The monoisotopic (exact) mass is 504 g/mol. The van der Waals surface area contributed by atoms with Crippen LogP contribution in [0.2, 0.25) is 0 Å². The Labute approximate surface area is 202 Å². The van der Waals surface area contributed by atoms with Crippen LogP contribution in [0.4, 0.5) is 8.78 Å². The maximum atomic E-state index is 15.1. The highest BCUT2D eigenvalue weighted by atomic mass is 32.2. The largest absolute Gasteiger partial charge is 0.494 e. The van der Waals surface area contributed by atoms with Gasteiger partial charge < -0.3 is 15.0 Å². The number of aliphatic imine (C=N–C) groups is 1. The fraction of sp³-hybridized carbons (Fsp3) is 0.391. The Hall–Kier alpha value is -3.41. The maximum absolute atomic E-state index is 15.1. The molecule has 2 N–H and O–H groups in total. The van der Waals surface area contributed by atoms with Crippen LogP contribution in [0.5, 0.6) is 5.75 Å². The number of alkyl halides is 1. The first-order valence-corrected chi connectivity index (χ1v) is 12.5. The van der Waals surface area contributed by atoms with Gasteiger partial charge in [0, 0.05) is 30.0 Å². The van der Waals surface area contributed by atoms with Crippen molar-refractivity contribution in [3.63, 3.8) is 0 Å². The van der Waals surface area contributed by atoms with E-state index in [1.165, 1.54) is 44.8 Å². The first kappa shape index (κ1) is 24.7. The zero-order valence-electron chi connectivity index (χ0n) is 19.8. The van der Waals surface area contributed by atoms with E-state index in [-0.39, 0.29) is 23.6 Å². The lowest BCUT2D eigenvalue weighted by molar-refractivity contribution is 0.298. The van der Waals surface area contributed by atoms with Gasteiger partial charge in [0.15, 0.2) is 23.0 Å². The van der Waals surface area contributed by atoms with Crippen molar-refractivity contribution in [3.05, 3.63) is 48.0 Å². The van der Waals surface area contributed by atoms with Gasteiger partial charge in [-0.2, -0.15) is 0 Å². The van der Waals surface area contributed by atoms with Crippen molar-refractivity contribution in [3.8, 4) is 28.6 Å². The van der Waals surface area contributed by atoms with Crippen LogP contribution >= 0.6 is 0 Å². The third kappa shape index (κ3) is 4.15. The molecule has 1 aliphatic heterocycles. The molecule has 0 saturated carbocycles. The number of benzene rings is 1. The van der Waals surface area contributed by atoms with E-state index in [2.05, 4.69) is 24.5 Å². The van der Waals surface area contributed by atoms with Gasteiger partial charge in [-0.05, 0) is 38.5 Å². The normalized spacial score (nSPS) is 23.9. The minimum absolute atomic E-state index is 0.00948. The van der Waals surface area contributed by atoms with Crippen molar-refractivity contribution < 1.29 is 22.2 Å². The van der Waals surface area contributed by atoms with Crippen molar-refractivity contribution in [2.24, 2.45) is 15.1 Å². The second kappa shape index (κ2) is 8.99. The number of ether oxygens (including phenoxy) is 1. The summed E-state index contributed by atoms with van der Waals surface area (Å²) in [6.45, 7) is 2.27.